The molecule has 0 atom stereocenters. The average Bonchev–Trinajstić information content (AvgIpc) is 2.53. The molecule has 21 heavy (non-hydrogen) atoms. The van der Waals surface area contributed by atoms with Gasteiger partial charge in [-0.05, 0) is 47.0 Å². The number of allylic oxidation sites excluding steroid dienone is 1. The molecule has 3 rings (SSSR count). The van der Waals surface area contributed by atoms with Crippen molar-refractivity contribution in [2.75, 3.05) is 0 Å². The fraction of sp³-hybridized carbons (Fsp3) is 0.100. The molecule has 0 amide bonds. The molecule has 3 aromatic carbocycles. The van der Waals surface area contributed by atoms with E-state index < -0.39 is 0 Å². The first-order valence-corrected chi connectivity index (χ1v) is 7.09. The highest BCUT2D eigenvalue weighted by Crippen LogP contribution is 2.21. The maximum absolute atomic E-state index is 5.89. The fourth-order valence-corrected chi connectivity index (χ4v) is 2.35. The normalized spacial score (nSPS) is 10.5. The molecule has 0 spiro atoms. The lowest BCUT2D eigenvalue weighted by atomic mass is 10.1. The predicted octanol–water partition coefficient (Wildman–Crippen LogP) is 5.45. The van der Waals surface area contributed by atoms with Crippen molar-refractivity contribution in [3.05, 3.63) is 84.4 Å². The molecule has 3 aromatic rings. The van der Waals surface area contributed by atoms with Gasteiger partial charge in [-0.15, -0.1) is 0 Å². The third-order valence-electron chi connectivity index (χ3n) is 3.55. The SMILES string of the molecule is C=C(C)c1cccc(OCc2ccc3ccccc3c2)c1. The minimum absolute atomic E-state index is 0.574. The fourth-order valence-electron chi connectivity index (χ4n) is 2.35. The third kappa shape index (κ3) is 3.14. The van der Waals surface area contributed by atoms with E-state index in [1.54, 1.807) is 0 Å². The number of hydrogen-bond acceptors (Lipinski definition) is 1. The van der Waals surface area contributed by atoms with Crippen molar-refractivity contribution in [1.82, 2.24) is 0 Å². The highest BCUT2D eigenvalue weighted by molar-refractivity contribution is 5.82. The predicted molar refractivity (Wildman–Crippen MR) is 89.4 cm³/mol. The van der Waals surface area contributed by atoms with Gasteiger partial charge in [0.2, 0.25) is 0 Å². The first kappa shape index (κ1) is 13.4. The molecule has 0 saturated heterocycles. The molecular formula is C20H18O. The molecule has 0 aromatic heterocycles. The molecule has 0 aliphatic heterocycles. The van der Waals surface area contributed by atoms with E-state index in [1.165, 1.54) is 16.3 Å². The van der Waals surface area contributed by atoms with Crippen LogP contribution >= 0.6 is 0 Å². The molecule has 0 N–H and O–H groups in total. The summed E-state index contributed by atoms with van der Waals surface area (Å²) in [5.41, 5.74) is 3.34. The summed E-state index contributed by atoms with van der Waals surface area (Å²) < 4.78 is 5.89. The van der Waals surface area contributed by atoms with Gasteiger partial charge in [-0.3, -0.25) is 0 Å². The van der Waals surface area contributed by atoms with E-state index in [2.05, 4.69) is 49.0 Å². The van der Waals surface area contributed by atoms with Crippen molar-refractivity contribution in [3.63, 3.8) is 0 Å². The minimum atomic E-state index is 0.574. The van der Waals surface area contributed by atoms with E-state index in [1.807, 2.05) is 31.2 Å². The maximum Gasteiger partial charge on any atom is 0.120 e. The summed E-state index contributed by atoms with van der Waals surface area (Å²) in [5, 5.41) is 2.50. The van der Waals surface area contributed by atoms with Crippen LogP contribution in [0.1, 0.15) is 18.1 Å². The first-order chi connectivity index (χ1) is 10.2. The van der Waals surface area contributed by atoms with Gasteiger partial charge in [-0.25, -0.2) is 0 Å². The van der Waals surface area contributed by atoms with Crippen molar-refractivity contribution >= 4 is 16.3 Å². The van der Waals surface area contributed by atoms with Crippen LogP contribution in [0, 0.1) is 0 Å². The van der Waals surface area contributed by atoms with Crippen molar-refractivity contribution in [2.45, 2.75) is 13.5 Å². The molecule has 0 saturated carbocycles. The van der Waals surface area contributed by atoms with Gasteiger partial charge in [0.25, 0.3) is 0 Å². The summed E-state index contributed by atoms with van der Waals surface area (Å²) in [6, 6.07) is 22.9. The monoisotopic (exact) mass is 274 g/mol. The van der Waals surface area contributed by atoms with Crippen LogP contribution in [0.2, 0.25) is 0 Å². The lowest BCUT2D eigenvalue weighted by molar-refractivity contribution is 0.306. The number of ether oxygens (including phenoxy) is 1. The van der Waals surface area contributed by atoms with Gasteiger partial charge in [0.05, 0.1) is 0 Å². The van der Waals surface area contributed by atoms with Crippen LogP contribution in [0.5, 0.6) is 5.75 Å². The molecular weight excluding hydrogens is 256 g/mol. The lowest BCUT2D eigenvalue weighted by Crippen LogP contribution is -1.95. The zero-order valence-electron chi connectivity index (χ0n) is 12.2. The zero-order valence-corrected chi connectivity index (χ0v) is 12.2. The van der Waals surface area contributed by atoms with E-state index in [0.29, 0.717) is 6.61 Å². The Morgan fingerprint density at radius 3 is 2.52 bits per heavy atom. The van der Waals surface area contributed by atoms with E-state index in [0.717, 1.165) is 16.9 Å². The van der Waals surface area contributed by atoms with Crippen molar-refractivity contribution < 1.29 is 4.74 Å². The Kier molecular flexibility index (Phi) is 3.74. The quantitative estimate of drug-likeness (QED) is 0.614. The summed E-state index contributed by atoms with van der Waals surface area (Å²) in [6.07, 6.45) is 0. The third-order valence-corrected chi connectivity index (χ3v) is 3.55. The van der Waals surface area contributed by atoms with Crippen molar-refractivity contribution in [3.8, 4) is 5.75 Å². The minimum Gasteiger partial charge on any atom is -0.489 e. The summed E-state index contributed by atoms with van der Waals surface area (Å²) in [6.45, 7) is 6.54. The molecule has 0 bridgehead atoms. The molecule has 0 unspecified atom stereocenters. The van der Waals surface area contributed by atoms with E-state index in [4.69, 9.17) is 4.74 Å². The highest BCUT2D eigenvalue weighted by atomic mass is 16.5. The molecule has 1 nitrogen and oxygen atoms in total. The molecule has 0 fully saturated rings. The molecule has 104 valence electrons. The average molecular weight is 274 g/mol. The van der Waals surface area contributed by atoms with Crippen LogP contribution in [0.3, 0.4) is 0 Å². The van der Waals surface area contributed by atoms with Gasteiger partial charge in [-0.1, -0.05) is 60.7 Å². The Bertz CT molecular complexity index is 786. The largest absolute Gasteiger partial charge is 0.489 e. The van der Waals surface area contributed by atoms with Gasteiger partial charge in [0.15, 0.2) is 0 Å². The highest BCUT2D eigenvalue weighted by Gasteiger charge is 2.00. The van der Waals surface area contributed by atoms with Crippen molar-refractivity contribution in [2.24, 2.45) is 0 Å². The standard InChI is InChI=1S/C20H18O/c1-15(2)18-8-5-9-20(13-18)21-14-16-10-11-17-6-3-4-7-19(17)12-16/h3-13H,1,14H2,2H3. The molecule has 0 radical (unpaired) electrons. The number of fused-ring (bicyclic) bond motifs is 1. The van der Waals surface area contributed by atoms with Crippen LogP contribution in [0.15, 0.2) is 73.3 Å². The van der Waals surface area contributed by atoms with Crippen LogP contribution in [-0.4, -0.2) is 0 Å². The second kappa shape index (κ2) is 5.84. The van der Waals surface area contributed by atoms with E-state index in [-0.39, 0.29) is 0 Å². The summed E-state index contributed by atoms with van der Waals surface area (Å²) in [5.74, 6) is 0.878. The summed E-state index contributed by atoms with van der Waals surface area (Å²) >= 11 is 0. The van der Waals surface area contributed by atoms with Gasteiger partial charge in [0, 0.05) is 0 Å². The first-order valence-electron chi connectivity index (χ1n) is 7.09. The van der Waals surface area contributed by atoms with Gasteiger partial charge in [0.1, 0.15) is 12.4 Å². The Balaban J connectivity index is 1.77. The Hall–Kier alpha value is -2.54. The Labute approximate surface area is 125 Å². The van der Waals surface area contributed by atoms with Crippen LogP contribution in [-0.2, 0) is 6.61 Å². The zero-order chi connectivity index (χ0) is 14.7. The number of benzene rings is 3. The second-order valence-electron chi connectivity index (χ2n) is 5.28. The molecule has 0 aliphatic rings. The topological polar surface area (TPSA) is 9.23 Å². The molecule has 0 heterocycles. The van der Waals surface area contributed by atoms with Crippen LogP contribution in [0.25, 0.3) is 16.3 Å². The number of hydrogen-bond donors (Lipinski definition) is 0. The Morgan fingerprint density at radius 2 is 1.71 bits per heavy atom. The van der Waals surface area contributed by atoms with Gasteiger partial charge >= 0.3 is 0 Å². The lowest BCUT2D eigenvalue weighted by Gasteiger charge is -2.09. The van der Waals surface area contributed by atoms with Crippen LogP contribution in [0.4, 0.5) is 0 Å². The summed E-state index contributed by atoms with van der Waals surface area (Å²) in [4.78, 5) is 0. The second-order valence-corrected chi connectivity index (χ2v) is 5.28. The van der Waals surface area contributed by atoms with E-state index in [9.17, 15) is 0 Å². The molecule has 1 heteroatoms. The summed E-state index contributed by atoms with van der Waals surface area (Å²) in [7, 11) is 0. The van der Waals surface area contributed by atoms with Crippen molar-refractivity contribution in [1.29, 1.82) is 0 Å². The van der Waals surface area contributed by atoms with Gasteiger partial charge < -0.3 is 4.74 Å². The number of rotatable bonds is 4. The maximum atomic E-state index is 5.89. The van der Waals surface area contributed by atoms with Crippen LogP contribution < -0.4 is 4.74 Å². The van der Waals surface area contributed by atoms with Gasteiger partial charge in [-0.2, -0.15) is 0 Å². The van der Waals surface area contributed by atoms with E-state index >= 15 is 0 Å². The Morgan fingerprint density at radius 1 is 0.905 bits per heavy atom. The smallest absolute Gasteiger partial charge is 0.120 e. The molecule has 0 aliphatic carbocycles.